The van der Waals surface area contributed by atoms with Gasteiger partial charge in [0.1, 0.15) is 5.75 Å². The topological polar surface area (TPSA) is 72.7 Å². The highest BCUT2D eigenvalue weighted by atomic mass is 79.9. The van der Waals surface area contributed by atoms with E-state index in [0.717, 1.165) is 23.0 Å². The van der Waals surface area contributed by atoms with Gasteiger partial charge in [-0.3, -0.25) is 14.9 Å². The lowest BCUT2D eigenvalue weighted by molar-refractivity contribution is -0.385. The van der Waals surface area contributed by atoms with Gasteiger partial charge in [-0.05, 0) is 36.2 Å². The Balaban J connectivity index is 1.84. The maximum Gasteiger partial charge on any atom is 0.311 e. The molecule has 0 saturated carbocycles. The molecule has 2 aromatic rings. The second-order valence-corrected chi connectivity index (χ2v) is 6.35. The minimum atomic E-state index is -0.474. The number of nitro groups is 1. The van der Waals surface area contributed by atoms with Crippen molar-refractivity contribution in [3.05, 3.63) is 62.6 Å². The normalized spacial score (nSPS) is 14.0. The van der Waals surface area contributed by atoms with Crippen LogP contribution in [-0.2, 0) is 11.3 Å². The largest absolute Gasteiger partial charge is 0.450 e. The van der Waals surface area contributed by atoms with Crippen molar-refractivity contribution in [2.45, 2.75) is 19.4 Å². The molecule has 0 radical (unpaired) electrons. The van der Waals surface area contributed by atoms with Gasteiger partial charge in [0.2, 0.25) is 11.7 Å². The van der Waals surface area contributed by atoms with Crippen LogP contribution in [0.15, 0.2) is 46.9 Å². The lowest BCUT2D eigenvalue weighted by Gasteiger charge is -2.17. The first-order valence-electron chi connectivity index (χ1n) is 7.52. The van der Waals surface area contributed by atoms with E-state index in [4.69, 9.17) is 4.74 Å². The van der Waals surface area contributed by atoms with Gasteiger partial charge < -0.3 is 9.64 Å². The fourth-order valence-corrected chi connectivity index (χ4v) is 3.01. The Morgan fingerprint density at radius 1 is 1.25 bits per heavy atom. The molecular weight excluding hydrogens is 376 g/mol. The molecule has 0 aliphatic carbocycles. The van der Waals surface area contributed by atoms with Gasteiger partial charge >= 0.3 is 5.69 Å². The number of nitrogens with zero attached hydrogens (tertiary/aromatic N) is 2. The zero-order valence-corrected chi connectivity index (χ0v) is 14.4. The monoisotopic (exact) mass is 390 g/mol. The summed E-state index contributed by atoms with van der Waals surface area (Å²) in [5.41, 5.74) is 0.818. The summed E-state index contributed by atoms with van der Waals surface area (Å²) >= 11 is 3.48. The van der Waals surface area contributed by atoms with Crippen molar-refractivity contribution < 1.29 is 14.5 Å². The lowest BCUT2D eigenvalue weighted by atomic mass is 10.2. The summed E-state index contributed by atoms with van der Waals surface area (Å²) in [6.07, 6.45) is 1.47. The van der Waals surface area contributed by atoms with E-state index < -0.39 is 4.92 Å². The number of para-hydroxylation sites is 2. The Bertz CT molecular complexity index is 794. The second kappa shape index (κ2) is 7.00. The fraction of sp³-hybridized carbons (Fsp3) is 0.235. The Kier molecular flexibility index (Phi) is 4.80. The van der Waals surface area contributed by atoms with E-state index in [2.05, 4.69) is 15.9 Å². The van der Waals surface area contributed by atoms with Gasteiger partial charge in [-0.1, -0.05) is 28.1 Å². The summed E-state index contributed by atoms with van der Waals surface area (Å²) in [7, 11) is 0. The summed E-state index contributed by atoms with van der Waals surface area (Å²) in [6.45, 7) is 1.24. The van der Waals surface area contributed by atoms with Crippen LogP contribution in [0.25, 0.3) is 0 Å². The number of benzene rings is 2. The first-order chi connectivity index (χ1) is 11.5. The van der Waals surface area contributed by atoms with Gasteiger partial charge in [-0.15, -0.1) is 0 Å². The van der Waals surface area contributed by atoms with Crippen molar-refractivity contribution in [1.29, 1.82) is 0 Å². The van der Waals surface area contributed by atoms with Gasteiger partial charge in [0.15, 0.2) is 0 Å². The minimum Gasteiger partial charge on any atom is -0.450 e. The van der Waals surface area contributed by atoms with Gasteiger partial charge in [0, 0.05) is 30.0 Å². The van der Waals surface area contributed by atoms with Crippen LogP contribution in [0, 0.1) is 10.1 Å². The second-order valence-electron chi connectivity index (χ2n) is 5.50. The van der Waals surface area contributed by atoms with Gasteiger partial charge in [-0.2, -0.15) is 0 Å². The number of carbonyl (C=O) groups is 1. The first kappa shape index (κ1) is 16.4. The standard InChI is InChI=1S/C17H15BrN2O4/c18-14-8-7-13(10-12(14)11-19-9-3-6-17(19)21)24-16-5-2-1-4-15(16)20(22)23/h1-2,4-5,7-8,10H,3,6,9,11H2. The summed E-state index contributed by atoms with van der Waals surface area (Å²) in [4.78, 5) is 24.2. The third-order valence-corrected chi connectivity index (χ3v) is 4.61. The molecule has 1 fully saturated rings. The molecule has 0 aromatic heterocycles. The maximum atomic E-state index is 11.8. The number of carbonyl (C=O) groups excluding carboxylic acids is 1. The summed E-state index contributed by atoms with van der Waals surface area (Å²) in [5, 5.41) is 11.1. The molecule has 3 rings (SSSR count). The van der Waals surface area contributed by atoms with E-state index in [1.165, 1.54) is 6.07 Å². The van der Waals surface area contributed by atoms with Crippen LogP contribution in [0.5, 0.6) is 11.5 Å². The minimum absolute atomic E-state index is 0.0864. The average Bonchev–Trinajstić information content (AvgIpc) is 2.96. The predicted molar refractivity (Wildman–Crippen MR) is 92.0 cm³/mol. The fourth-order valence-electron chi connectivity index (χ4n) is 2.63. The van der Waals surface area contributed by atoms with Crippen LogP contribution in [-0.4, -0.2) is 22.3 Å². The zero-order chi connectivity index (χ0) is 17.1. The first-order valence-corrected chi connectivity index (χ1v) is 8.31. The van der Waals surface area contributed by atoms with E-state index >= 15 is 0 Å². The molecule has 0 N–H and O–H groups in total. The molecule has 2 aromatic carbocycles. The van der Waals surface area contributed by atoms with E-state index in [9.17, 15) is 14.9 Å². The van der Waals surface area contributed by atoms with Crippen LogP contribution in [0.3, 0.4) is 0 Å². The molecule has 0 unspecified atom stereocenters. The summed E-state index contributed by atoms with van der Waals surface area (Å²) in [5.74, 6) is 0.828. The van der Waals surface area contributed by atoms with Gasteiger partial charge in [-0.25, -0.2) is 0 Å². The Morgan fingerprint density at radius 3 is 2.75 bits per heavy atom. The highest BCUT2D eigenvalue weighted by Gasteiger charge is 2.21. The van der Waals surface area contributed by atoms with Gasteiger partial charge in [0.25, 0.3) is 0 Å². The number of likely N-dealkylation sites (tertiary alicyclic amines) is 1. The van der Waals surface area contributed by atoms with Crippen molar-refractivity contribution in [2.24, 2.45) is 0 Å². The number of halogens is 1. The number of amides is 1. The SMILES string of the molecule is O=C1CCCN1Cc1cc(Oc2ccccc2[N+](=O)[O-])ccc1Br. The van der Waals surface area contributed by atoms with E-state index in [-0.39, 0.29) is 17.3 Å². The van der Waals surface area contributed by atoms with Crippen LogP contribution >= 0.6 is 15.9 Å². The van der Waals surface area contributed by atoms with Crippen LogP contribution in [0.1, 0.15) is 18.4 Å². The molecular formula is C17H15BrN2O4. The van der Waals surface area contributed by atoms with Crippen LogP contribution < -0.4 is 4.74 Å². The van der Waals surface area contributed by atoms with Crippen molar-refractivity contribution in [3.63, 3.8) is 0 Å². The third kappa shape index (κ3) is 3.56. The molecule has 1 heterocycles. The van der Waals surface area contributed by atoms with Crippen molar-refractivity contribution in [3.8, 4) is 11.5 Å². The number of nitro benzene ring substituents is 1. The van der Waals surface area contributed by atoms with E-state index in [1.54, 1.807) is 35.2 Å². The summed E-state index contributed by atoms with van der Waals surface area (Å²) in [6, 6.07) is 11.6. The maximum absolute atomic E-state index is 11.8. The van der Waals surface area contributed by atoms with E-state index in [1.807, 2.05) is 6.07 Å². The number of hydrogen-bond acceptors (Lipinski definition) is 4. The Hall–Kier alpha value is -2.41. The van der Waals surface area contributed by atoms with Crippen molar-refractivity contribution in [2.75, 3.05) is 6.54 Å². The summed E-state index contributed by atoms with van der Waals surface area (Å²) < 4.78 is 6.56. The third-order valence-electron chi connectivity index (χ3n) is 3.84. The van der Waals surface area contributed by atoms with Gasteiger partial charge in [0.05, 0.1) is 4.92 Å². The zero-order valence-electron chi connectivity index (χ0n) is 12.8. The smallest absolute Gasteiger partial charge is 0.311 e. The number of hydrogen-bond donors (Lipinski definition) is 0. The Labute approximate surface area is 147 Å². The molecule has 0 spiro atoms. The molecule has 6 nitrogen and oxygen atoms in total. The molecule has 1 saturated heterocycles. The quantitative estimate of drug-likeness (QED) is 0.564. The Morgan fingerprint density at radius 2 is 2.04 bits per heavy atom. The van der Waals surface area contributed by atoms with Crippen molar-refractivity contribution in [1.82, 2.24) is 4.90 Å². The highest BCUT2D eigenvalue weighted by molar-refractivity contribution is 9.10. The van der Waals surface area contributed by atoms with Crippen molar-refractivity contribution >= 4 is 27.5 Å². The van der Waals surface area contributed by atoms with E-state index in [0.29, 0.717) is 18.7 Å². The molecule has 1 aliphatic heterocycles. The molecule has 1 aliphatic rings. The number of ether oxygens (including phenoxy) is 1. The lowest BCUT2D eigenvalue weighted by Crippen LogP contribution is -2.24. The molecule has 7 heteroatoms. The molecule has 0 atom stereocenters. The molecule has 0 bridgehead atoms. The molecule has 124 valence electrons. The molecule has 1 amide bonds. The number of rotatable bonds is 5. The van der Waals surface area contributed by atoms with Crippen LogP contribution in [0.2, 0.25) is 0 Å². The predicted octanol–water partition coefficient (Wildman–Crippen LogP) is 4.27. The average molecular weight is 391 g/mol. The molecule has 24 heavy (non-hydrogen) atoms. The van der Waals surface area contributed by atoms with Crippen LogP contribution in [0.4, 0.5) is 5.69 Å². The highest BCUT2D eigenvalue weighted by Crippen LogP contribution is 2.33.